The van der Waals surface area contributed by atoms with Gasteiger partial charge in [-0.1, -0.05) is 0 Å². The molecule has 1 fully saturated rings. The fourth-order valence-electron chi connectivity index (χ4n) is 1.98. The first kappa shape index (κ1) is 7.56. The molecule has 0 saturated heterocycles. The van der Waals surface area contributed by atoms with E-state index in [0.717, 1.165) is 36.6 Å². The van der Waals surface area contributed by atoms with Crippen molar-refractivity contribution in [2.45, 2.75) is 44.1 Å². The number of nitrogens with two attached hydrogens (primary N) is 1. The molecule has 0 aromatic carbocycles. The highest BCUT2D eigenvalue weighted by Crippen LogP contribution is 2.41. The summed E-state index contributed by atoms with van der Waals surface area (Å²) in [6.45, 7) is 0. The van der Waals surface area contributed by atoms with Crippen molar-refractivity contribution in [2.24, 2.45) is 5.73 Å². The summed E-state index contributed by atoms with van der Waals surface area (Å²) in [5.41, 5.74) is 7.07. The van der Waals surface area contributed by atoms with E-state index in [4.69, 9.17) is 10.2 Å². The maximum atomic E-state index is 5.95. The second kappa shape index (κ2) is 2.58. The van der Waals surface area contributed by atoms with Crippen molar-refractivity contribution in [3.63, 3.8) is 0 Å². The second-order valence-electron chi connectivity index (χ2n) is 4.14. The number of fused-ring (bicyclic) bond motifs is 1. The Hall–Kier alpha value is -0.830. The highest BCUT2D eigenvalue weighted by Gasteiger charge is 2.32. The van der Waals surface area contributed by atoms with Crippen molar-refractivity contribution in [2.75, 3.05) is 0 Å². The minimum Gasteiger partial charge on any atom is -0.443 e. The van der Waals surface area contributed by atoms with Gasteiger partial charge in [-0.3, -0.25) is 0 Å². The van der Waals surface area contributed by atoms with Crippen LogP contribution in [0.25, 0.3) is 0 Å². The molecular weight excluding hydrogens is 164 g/mol. The lowest BCUT2D eigenvalue weighted by molar-refractivity contribution is 0.399. The predicted octanol–water partition coefficient (Wildman–Crippen LogP) is 1.89. The van der Waals surface area contributed by atoms with E-state index in [-0.39, 0.29) is 6.04 Å². The molecule has 3 rings (SSSR count). The first-order valence-corrected chi connectivity index (χ1v) is 5.09. The Kier molecular flexibility index (Phi) is 1.50. The maximum Gasteiger partial charge on any atom is 0.197 e. The molecule has 0 amide bonds. The highest BCUT2D eigenvalue weighted by molar-refractivity contribution is 5.19. The molecule has 70 valence electrons. The third-order valence-electron chi connectivity index (χ3n) is 2.94. The average molecular weight is 178 g/mol. The van der Waals surface area contributed by atoms with Crippen LogP contribution in [0.5, 0.6) is 0 Å². The minimum absolute atomic E-state index is 0.101. The number of aryl methyl sites for hydroxylation is 1. The molecule has 0 radical (unpaired) electrons. The number of oxazole rings is 1. The quantitative estimate of drug-likeness (QED) is 0.714. The molecule has 1 aromatic rings. The molecule has 3 heteroatoms. The van der Waals surface area contributed by atoms with Crippen LogP contribution in [0.2, 0.25) is 0 Å². The summed E-state index contributed by atoms with van der Waals surface area (Å²) in [6, 6.07) is 0.101. The van der Waals surface area contributed by atoms with E-state index in [1.807, 2.05) is 0 Å². The van der Waals surface area contributed by atoms with Crippen LogP contribution in [0.15, 0.2) is 4.42 Å². The first-order valence-electron chi connectivity index (χ1n) is 5.09. The summed E-state index contributed by atoms with van der Waals surface area (Å²) >= 11 is 0. The van der Waals surface area contributed by atoms with E-state index in [0.29, 0.717) is 5.92 Å². The summed E-state index contributed by atoms with van der Waals surface area (Å²) in [6.07, 6.45) is 5.75. The minimum atomic E-state index is 0.101. The van der Waals surface area contributed by atoms with Crippen LogP contribution in [0, 0.1) is 0 Å². The van der Waals surface area contributed by atoms with Crippen molar-refractivity contribution in [3.05, 3.63) is 17.3 Å². The van der Waals surface area contributed by atoms with E-state index in [1.165, 1.54) is 12.8 Å². The number of nitrogens with zero attached hydrogens (tertiary/aromatic N) is 1. The lowest BCUT2D eigenvalue weighted by Gasteiger charge is -2.14. The summed E-state index contributed by atoms with van der Waals surface area (Å²) in [5.74, 6) is 2.52. The number of aromatic nitrogens is 1. The largest absolute Gasteiger partial charge is 0.443 e. The van der Waals surface area contributed by atoms with Gasteiger partial charge in [0.05, 0.1) is 11.7 Å². The topological polar surface area (TPSA) is 52.0 Å². The van der Waals surface area contributed by atoms with Gasteiger partial charge < -0.3 is 10.2 Å². The Balaban J connectivity index is 1.99. The summed E-state index contributed by atoms with van der Waals surface area (Å²) < 4.78 is 5.71. The zero-order valence-electron chi connectivity index (χ0n) is 7.62. The number of hydrogen-bond donors (Lipinski definition) is 1. The van der Waals surface area contributed by atoms with Crippen LogP contribution >= 0.6 is 0 Å². The smallest absolute Gasteiger partial charge is 0.197 e. The third-order valence-corrected chi connectivity index (χ3v) is 2.94. The van der Waals surface area contributed by atoms with Crippen LogP contribution in [-0.4, -0.2) is 4.98 Å². The van der Waals surface area contributed by atoms with Crippen molar-refractivity contribution in [1.82, 2.24) is 4.98 Å². The van der Waals surface area contributed by atoms with Gasteiger partial charge in [0.2, 0.25) is 0 Å². The number of hydrogen-bond acceptors (Lipinski definition) is 3. The number of rotatable bonds is 1. The van der Waals surface area contributed by atoms with E-state index < -0.39 is 0 Å². The fourth-order valence-corrected chi connectivity index (χ4v) is 1.98. The maximum absolute atomic E-state index is 5.95. The molecule has 0 aliphatic heterocycles. The lowest BCUT2D eigenvalue weighted by atomic mass is 9.98. The van der Waals surface area contributed by atoms with Crippen molar-refractivity contribution >= 4 is 0 Å². The summed E-state index contributed by atoms with van der Waals surface area (Å²) in [4.78, 5) is 4.52. The molecule has 0 spiro atoms. The van der Waals surface area contributed by atoms with Gasteiger partial charge in [-0.25, -0.2) is 4.98 Å². The van der Waals surface area contributed by atoms with E-state index >= 15 is 0 Å². The van der Waals surface area contributed by atoms with Crippen molar-refractivity contribution < 1.29 is 4.42 Å². The molecule has 2 aliphatic carbocycles. The highest BCUT2D eigenvalue weighted by atomic mass is 16.4. The Morgan fingerprint density at radius 3 is 2.85 bits per heavy atom. The molecule has 1 unspecified atom stereocenters. The Labute approximate surface area is 77.3 Å². The predicted molar refractivity (Wildman–Crippen MR) is 48.3 cm³/mol. The molecule has 0 bridgehead atoms. The molecule has 1 heterocycles. The standard InChI is InChI=1S/C10H14N2O/c11-7-2-1-3-8-9(7)13-10(12-8)6-4-5-6/h6-7H,1-5,11H2. The molecule has 2 N–H and O–H groups in total. The summed E-state index contributed by atoms with van der Waals surface area (Å²) in [5, 5.41) is 0. The third kappa shape index (κ3) is 1.18. The van der Waals surface area contributed by atoms with Crippen molar-refractivity contribution in [3.8, 4) is 0 Å². The zero-order valence-corrected chi connectivity index (χ0v) is 7.62. The van der Waals surface area contributed by atoms with Crippen LogP contribution in [0.1, 0.15) is 55.0 Å². The lowest BCUT2D eigenvalue weighted by Crippen LogP contribution is -2.15. The fraction of sp³-hybridized carbons (Fsp3) is 0.700. The van der Waals surface area contributed by atoms with E-state index in [1.54, 1.807) is 0 Å². The van der Waals surface area contributed by atoms with Gasteiger partial charge in [0.25, 0.3) is 0 Å². The van der Waals surface area contributed by atoms with Gasteiger partial charge in [0, 0.05) is 5.92 Å². The second-order valence-corrected chi connectivity index (χ2v) is 4.14. The molecular formula is C10H14N2O. The molecule has 13 heavy (non-hydrogen) atoms. The average Bonchev–Trinajstić information content (AvgIpc) is 2.87. The first-order chi connectivity index (χ1) is 6.34. The Bertz CT molecular complexity index is 328. The molecule has 3 nitrogen and oxygen atoms in total. The van der Waals surface area contributed by atoms with Gasteiger partial charge in [0.1, 0.15) is 5.76 Å². The normalized spacial score (nSPS) is 27.3. The van der Waals surface area contributed by atoms with Gasteiger partial charge in [0.15, 0.2) is 5.89 Å². The monoisotopic (exact) mass is 178 g/mol. The summed E-state index contributed by atoms with van der Waals surface area (Å²) in [7, 11) is 0. The Morgan fingerprint density at radius 2 is 2.15 bits per heavy atom. The van der Waals surface area contributed by atoms with Crippen LogP contribution in [0.3, 0.4) is 0 Å². The van der Waals surface area contributed by atoms with Crippen LogP contribution in [0.4, 0.5) is 0 Å². The van der Waals surface area contributed by atoms with Gasteiger partial charge in [-0.15, -0.1) is 0 Å². The van der Waals surface area contributed by atoms with Crippen LogP contribution < -0.4 is 5.73 Å². The molecule has 1 saturated carbocycles. The Morgan fingerprint density at radius 1 is 1.31 bits per heavy atom. The van der Waals surface area contributed by atoms with E-state index in [2.05, 4.69) is 4.98 Å². The molecule has 2 aliphatic rings. The zero-order chi connectivity index (χ0) is 8.84. The van der Waals surface area contributed by atoms with E-state index in [9.17, 15) is 0 Å². The SMILES string of the molecule is NC1CCCc2nc(C3CC3)oc21. The van der Waals surface area contributed by atoms with Crippen molar-refractivity contribution in [1.29, 1.82) is 0 Å². The molecule has 1 atom stereocenters. The van der Waals surface area contributed by atoms with Gasteiger partial charge in [-0.05, 0) is 32.1 Å². The molecule has 1 aromatic heterocycles. The van der Waals surface area contributed by atoms with Crippen LogP contribution in [-0.2, 0) is 6.42 Å². The van der Waals surface area contributed by atoms with Gasteiger partial charge in [-0.2, -0.15) is 0 Å². The van der Waals surface area contributed by atoms with Gasteiger partial charge >= 0.3 is 0 Å².